The lowest BCUT2D eigenvalue weighted by atomic mass is 10.1. The molecule has 104 valence electrons. The van der Waals surface area contributed by atoms with Gasteiger partial charge >= 0.3 is 0 Å². The Morgan fingerprint density at radius 1 is 0.857 bits per heavy atom. The molecule has 0 radical (unpaired) electrons. The van der Waals surface area contributed by atoms with E-state index in [2.05, 4.69) is 4.98 Å². The van der Waals surface area contributed by atoms with Crippen LogP contribution in [-0.4, -0.2) is 20.3 Å². The van der Waals surface area contributed by atoms with Crippen molar-refractivity contribution in [2.75, 3.05) is 0 Å². The van der Waals surface area contributed by atoms with Gasteiger partial charge in [-0.2, -0.15) is 0 Å². The lowest BCUT2D eigenvalue weighted by Gasteiger charge is -2.04. The average Bonchev–Trinajstić information content (AvgIpc) is 2.46. The number of nitrogens with zero attached hydrogens (tertiary/aromatic N) is 1. The van der Waals surface area contributed by atoms with Crippen molar-refractivity contribution >= 4 is 23.1 Å². The number of aromatic hydroxyl groups is 3. The standard InChI is InChI=1S/C17H13NO3/c19-13-8-11(9-14(20)10-13)3-4-12-5-6-16(21)17-15(12)2-1-7-18-17/h1-10,19-21H/b4-3+. The predicted octanol–water partition coefficient (Wildman–Crippen LogP) is 3.52. The summed E-state index contributed by atoms with van der Waals surface area (Å²) >= 11 is 0. The van der Waals surface area contributed by atoms with Gasteiger partial charge in [0, 0.05) is 17.6 Å². The molecule has 0 aliphatic heterocycles. The van der Waals surface area contributed by atoms with Crippen LogP contribution in [0.5, 0.6) is 17.2 Å². The van der Waals surface area contributed by atoms with E-state index in [1.807, 2.05) is 12.1 Å². The molecule has 0 saturated heterocycles. The highest BCUT2D eigenvalue weighted by Gasteiger charge is 2.04. The molecular formula is C17H13NO3. The first-order valence-corrected chi connectivity index (χ1v) is 6.41. The van der Waals surface area contributed by atoms with Crippen molar-refractivity contribution in [1.82, 2.24) is 4.98 Å². The second-order valence-corrected chi connectivity index (χ2v) is 4.69. The zero-order valence-electron chi connectivity index (χ0n) is 11.1. The van der Waals surface area contributed by atoms with E-state index in [0.717, 1.165) is 10.9 Å². The largest absolute Gasteiger partial charge is 0.508 e. The quantitative estimate of drug-likeness (QED) is 0.627. The van der Waals surface area contributed by atoms with Gasteiger partial charge in [-0.15, -0.1) is 0 Å². The molecule has 0 atom stereocenters. The first-order valence-electron chi connectivity index (χ1n) is 6.41. The number of benzene rings is 2. The van der Waals surface area contributed by atoms with Crippen LogP contribution < -0.4 is 0 Å². The van der Waals surface area contributed by atoms with E-state index in [-0.39, 0.29) is 17.2 Å². The minimum atomic E-state index is 0.00637. The Balaban J connectivity index is 2.05. The van der Waals surface area contributed by atoms with E-state index in [9.17, 15) is 15.3 Å². The van der Waals surface area contributed by atoms with Gasteiger partial charge in [-0.25, -0.2) is 0 Å². The lowest BCUT2D eigenvalue weighted by Crippen LogP contribution is -1.82. The number of fused-ring (bicyclic) bond motifs is 1. The molecule has 21 heavy (non-hydrogen) atoms. The summed E-state index contributed by atoms with van der Waals surface area (Å²) in [6.07, 6.45) is 5.25. The SMILES string of the molecule is Oc1cc(O)cc(/C=C/c2ccc(O)c3ncccc23)c1. The maximum Gasteiger partial charge on any atom is 0.141 e. The van der Waals surface area contributed by atoms with Crippen molar-refractivity contribution < 1.29 is 15.3 Å². The van der Waals surface area contributed by atoms with E-state index in [1.165, 1.54) is 6.07 Å². The molecular weight excluding hydrogens is 266 g/mol. The van der Waals surface area contributed by atoms with Gasteiger partial charge in [0.15, 0.2) is 0 Å². The monoisotopic (exact) mass is 279 g/mol. The minimum absolute atomic E-state index is 0.00637. The van der Waals surface area contributed by atoms with Gasteiger partial charge in [-0.05, 0) is 35.4 Å². The maximum absolute atomic E-state index is 9.80. The van der Waals surface area contributed by atoms with Crippen LogP contribution in [0.2, 0.25) is 0 Å². The van der Waals surface area contributed by atoms with E-state index in [1.54, 1.807) is 42.6 Å². The molecule has 0 bridgehead atoms. The minimum Gasteiger partial charge on any atom is -0.508 e. The van der Waals surface area contributed by atoms with E-state index in [0.29, 0.717) is 11.1 Å². The summed E-state index contributed by atoms with van der Waals surface area (Å²) in [7, 11) is 0. The zero-order chi connectivity index (χ0) is 14.8. The van der Waals surface area contributed by atoms with Crippen molar-refractivity contribution in [2.45, 2.75) is 0 Å². The number of hydrogen-bond acceptors (Lipinski definition) is 4. The highest BCUT2D eigenvalue weighted by Crippen LogP contribution is 2.27. The number of rotatable bonds is 2. The molecule has 4 nitrogen and oxygen atoms in total. The number of phenolic OH excluding ortho intramolecular Hbond substituents is 3. The third kappa shape index (κ3) is 2.65. The third-order valence-corrected chi connectivity index (χ3v) is 3.16. The third-order valence-electron chi connectivity index (χ3n) is 3.16. The van der Waals surface area contributed by atoms with Crippen molar-refractivity contribution in [2.24, 2.45) is 0 Å². The molecule has 0 fully saturated rings. The Labute approximate surface area is 121 Å². The molecule has 0 saturated carbocycles. The van der Waals surface area contributed by atoms with Crippen LogP contribution in [0.25, 0.3) is 23.1 Å². The fraction of sp³-hybridized carbons (Fsp3) is 0. The molecule has 1 aromatic heterocycles. The molecule has 3 rings (SSSR count). The first kappa shape index (κ1) is 13.0. The Bertz CT molecular complexity index is 820. The Morgan fingerprint density at radius 2 is 1.62 bits per heavy atom. The highest BCUT2D eigenvalue weighted by molar-refractivity contribution is 5.93. The fourth-order valence-electron chi connectivity index (χ4n) is 2.23. The van der Waals surface area contributed by atoms with Crippen molar-refractivity contribution in [3.63, 3.8) is 0 Å². The van der Waals surface area contributed by atoms with Crippen LogP contribution >= 0.6 is 0 Å². The van der Waals surface area contributed by atoms with Gasteiger partial charge < -0.3 is 15.3 Å². The molecule has 0 spiro atoms. The van der Waals surface area contributed by atoms with Crippen LogP contribution in [0.1, 0.15) is 11.1 Å². The molecule has 3 N–H and O–H groups in total. The predicted molar refractivity (Wildman–Crippen MR) is 82.1 cm³/mol. The molecule has 0 aliphatic rings. The van der Waals surface area contributed by atoms with E-state index < -0.39 is 0 Å². The lowest BCUT2D eigenvalue weighted by molar-refractivity contribution is 0.450. The first-order chi connectivity index (χ1) is 10.1. The highest BCUT2D eigenvalue weighted by atomic mass is 16.3. The van der Waals surface area contributed by atoms with Crippen molar-refractivity contribution in [1.29, 1.82) is 0 Å². The Kier molecular flexibility index (Phi) is 3.20. The van der Waals surface area contributed by atoms with Crippen LogP contribution in [0, 0.1) is 0 Å². The molecule has 0 aliphatic carbocycles. The normalized spacial score (nSPS) is 11.2. The summed E-state index contributed by atoms with van der Waals surface area (Å²) in [6.45, 7) is 0. The summed E-state index contributed by atoms with van der Waals surface area (Å²) < 4.78 is 0. The summed E-state index contributed by atoms with van der Waals surface area (Å²) in [5.74, 6) is 0.150. The average molecular weight is 279 g/mol. The van der Waals surface area contributed by atoms with Crippen LogP contribution in [0.3, 0.4) is 0 Å². The van der Waals surface area contributed by atoms with Crippen molar-refractivity contribution in [3.8, 4) is 17.2 Å². The van der Waals surface area contributed by atoms with Gasteiger partial charge in [0.1, 0.15) is 22.8 Å². The van der Waals surface area contributed by atoms with Crippen molar-refractivity contribution in [3.05, 3.63) is 59.8 Å². The smallest absolute Gasteiger partial charge is 0.141 e. The summed E-state index contributed by atoms with van der Waals surface area (Å²) in [5.41, 5.74) is 2.11. The zero-order valence-corrected chi connectivity index (χ0v) is 11.1. The second-order valence-electron chi connectivity index (χ2n) is 4.69. The van der Waals surface area contributed by atoms with Gasteiger partial charge in [-0.1, -0.05) is 24.3 Å². The number of aromatic nitrogens is 1. The summed E-state index contributed by atoms with van der Waals surface area (Å²) in [6, 6.07) is 11.4. The Hall–Kier alpha value is -3.01. The topological polar surface area (TPSA) is 73.6 Å². The van der Waals surface area contributed by atoms with Gasteiger partial charge in [0.25, 0.3) is 0 Å². The van der Waals surface area contributed by atoms with E-state index >= 15 is 0 Å². The van der Waals surface area contributed by atoms with Gasteiger partial charge in [-0.3, -0.25) is 4.98 Å². The molecule has 0 unspecified atom stereocenters. The summed E-state index contributed by atoms with van der Waals surface area (Å²) in [4.78, 5) is 4.16. The fourth-order valence-corrected chi connectivity index (χ4v) is 2.23. The van der Waals surface area contributed by atoms with Gasteiger partial charge in [0.05, 0.1) is 0 Å². The summed E-state index contributed by atoms with van der Waals surface area (Å²) in [5, 5.41) is 29.6. The Morgan fingerprint density at radius 3 is 2.38 bits per heavy atom. The van der Waals surface area contributed by atoms with Crippen LogP contribution in [0.4, 0.5) is 0 Å². The second kappa shape index (κ2) is 5.17. The van der Waals surface area contributed by atoms with Crippen LogP contribution in [0.15, 0.2) is 48.7 Å². The molecule has 0 amide bonds. The molecule has 1 heterocycles. The van der Waals surface area contributed by atoms with Crippen LogP contribution in [-0.2, 0) is 0 Å². The molecule has 3 aromatic rings. The number of hydrogen-bond donors (Lipinski definition) is 3. The van der Waals surface area contributed by atoms with Gasteiger partial charge in [0.2, 0.25) is 0 Å². The number of phenols is 3. The molecule has 4 heteroatoms. The number of pyridine rings is 1. The maximum atomic E-state index is 9.80. The molecule has 2 aromatic carbocycles. The van der Waals surface area contributed by atoms with E-state index in [4.69, 9.17) is 0 Å².